The molecule has 0 spiro atoms. The molecule has 2 rings (SSSR count). The third-order valence-corrected chi connectivity index (χ3v) is 2.05. The van der Waals surface area contributed by atoms with Gasteiger partial charge >= 0.3 is 0 Å². The number of furan rings is 1. The van der Waals surface area contributed by atoms with Crippen molar-refractivity contribution in [2.24, 2.45) is 0 Å². The number of nitrogens with zero attached hydrogens (tertiary/aromatic N) is 2. The lowest BCUT2D eigenvalue weighted by Crippen LogP contribution is -1.79. The molecule has 74 valence electrons. The topological polar surface area (TPSA) is 52.1 Å². The molecular weight excluding hydrogens is 204 g/mol. The quantitative estimate of drug-likeness (QED) is 0.734. The van der Waals surface area contributed by atoms with Crippen molar-refractivity contribution in [1.82, 2.24) is 10.1 Å². The molecule has 0 unspecified atom stereocenters. The Balaban J connectivity index is 2.29. The van der Waals surface area contributed by atoms with E-state index < -0.39 is 0 Å². The molecule has 2 aromatic heterocycles. The van der Waals surface area contributed by atoms with Crippen LogP contribution in [0.1, 0.15) is 18.5 Å². The fraction of sp³-hybridized carbons (Fsp3) is 0.333. The Bertz CT molecular complexity index is 382. The lowest BCUT2D eigenvalue weighted by Gasteiger charge is -1.86. The van der Waals surface area contributed by atoms with E-state index in [4.69, 9.17) is 20.5 Å². The van der Waals surface area contributed by atoms with Crippen LogP contribution in [0.4, 0.5) is 0 Å². The summed E-state index contributed by atoms with van der Waals surface area (Å²) >= 11 is 5.54. The van der Waals surface area contributed by atoms with Crippen LogP contribution in [0.2, 0.25) is 0 Å². The third kappa shape index (κ3) is 1.65. The van der Waals surface area contributed by atoms with Gasteiger partial charge in [-0.2, -0.15) is 4.98 Å². The van der Waals surface area contributed by atoms with Crippen LogP contribution in [-0.2, 0) is 12.3 Å². The first-order valence-corrected chi connectivity index (χ1v) is 4.84. The number of hydrogen-bond donors (Lipinski definition) is 0. The third-order valence-electron chi connectivity index (χ3n) is 1.81. The Hall–Kier alpha value is -1.29. The monoisotopic (exact) mass is 212 g/mol. The van der Waals surface area contributed by atoms with Gasteiger partial charge in [0, 0.05) is 6.42 Å². The van der Waals surface area contributed by atoms with Gasteiger partial charge in [-0.25, -0.2) is 0 Å². The predicted octanol–water partition coefficient (Wildman–Crippen LogP) is 2.63. The summed E-state index contributed by atoms with van der Waals surface area (Å²) in [6, 6.07) is 3.70. The van der Waals surface area contributed by atoms with Crippen molar-refractivity contribution in [2.45, 2.75) is 19.2 Å². The minimum Gasteiger partial charge on any atom is -0.456 e. The summed E-state index contributed by atoms with van der Waals surface area (Å²) in [5.41, 5.74) is 0. The molecule has 0 aliphatic carbocycles. The summed E-state index contributed by atoms with van der Waals surface area (Å²) in [6.07, 6.45) is 0.844. The molecule has 0 saturated heterocycles. The highest BCUT2D eigenvalue weighted by molar-refractivity contribution is 6.16. The van der Waals surface area contributed by atoms with E-state index in [-0.39, 0.29) is 5.88 Å². The van der Waals surface area contributed by atoms with Gasteiger partial charge in [0.2, 0.25) is 0 Å². The molecule has 0 amide bonds. The van der Waals surface area contributed by atoms with E-state index in [9.17, 15) is 0 Å². The number of aromatic nitrogens is 2. The van der Waals surface area contributed by atoms with Crippen molar-refractivity contribution in [1.29, 1.82) is 0 Å². The van der Waals surface area contributed by atoms with Crippen LogP contribution in [0.5, 0.6) is 0 Å². The Morgan fingerprint density at radius 3 is 2.86 bits per heavy atom. The van der Waals surface area contributed by atoms with Crippen molar-refractivity contribution in [2.75, 3.05) is 0 Å². The van der Waals surface area contributed by atoms with Crippen LogP contribution in [0, 0.1) is 0 Å². The number of rotatable bonds is 3. The van der Waals surface area contributed by atoms with E-state index in [0.29, 0.717) is 17.5 Å². The summed E-state index contributed by atoms with van der Waals surface area (Å²) in [7, 11) is 0. The highest BCUT2D eigenvalue weighted by Crippen LogP contribution is 2.20. The second-order valence-corrected chi connectivity index (χ2v) is 3.04. The van der Waals surface area contributed by atoms with Crippen LogP contribution >= 0.6 is 11.6 Å². The highest BCUT2D eigenvalue weighted by Gasteiger charge is 2.11. The first-order chi connectivity index (χ1) is 6.83. The van der Waals surface area contributed by atoms with E-state index >= 15 is 0 Å². The molecule has 0 radical (unpaired) electrons. The van der Waals surface area contributed by atoms with E-state index in [1.807, 2.05) is 19.1 Å². The molecule has 0 aliphatic rings. The van der Waals surface area contributed by atoms with Crippen LogP contribution in [-0.4, -0.2) is 10.1 Å². The number of aryl methyl sites for hydroxylation is 1. The molecule has 5 heteroatoms. The SMILES string of the molecule is CCc1ccc(-c2nc(CCl)no2)o1. The van der Waals surface area contributed by atoms with Crippen molar-refractivity contribution in [3.8, 4) is 11.7 Å². The molecule has 0 fully saturated rings. The molecule has 4 nitrogen and oxygen atoms in total. The maximum absolute atomic E-state index is 5.54. The fourth-order valence-electron chi connectivity index (χ4n) is 1.09. The smallest absolute Gasteiger partial charge is 0.293 e. The maximum atomic E-state index is 5.54. The predicted molar refractivity (Wildman–Crippen MR) is 50.9 cm³/mol. The second kappa shape index (κ2) is 3.84. The Morgan fingerprint density at radius 2 is 2.29 bits per heavy atom. The maximum Gasteiger partial charge on any atom is 0.293 e. The van der Waals surface area contributed by atoms with Gasteiger partial charge in [-0.05, 0) is 12.1 Å². The Morgan fingerprint density at radius 1 is 1.43 bits per heavy atom. The van der Waals surface area contributed by atoms with Gasteiger partial charge in [-0.3, -0.25) is 0 Å². The minimum absolute atomic E-state index is 0.241. The molecule has 14 heavy (non-hydrogen) atoms. The summed E-state index contributed by atoms with van der Waals surface area (Å²) in [5.74, 6) is 2.57. The lowest BCUT2D eigenvalue weighted by molar-refractivity contribution is 0.407. The number of alkyl halides is 1. The summed E-state index contributed by atoms with van der Waals surface area (Å²) < 4.78 is 10.4. The van der Waals surface area contributed by atoms with Gasteiger partial charge in [0.25, 0.3) is 5.89 Å². The van der Waals surface area contributed by atoms with E-state index in [1.165, 1.54) is 0 Å². The van der Waals surface area contributed by atoms with Gasteiger partial charge in [0.05, 0.1) is 5.88 Å². The molecule has 0 atom stereocenters. The highest BCUT2D eigenvalue weighted by atomic mass is 35.5. The van der Waals surface area contributed by atoms with Crippen LogP contribution in [0.3, 0.4) is 0 Å². The Kier molecular flexibility index (Phi) is 2.54. The molecule has 0 N–H and O–H groups in total. The van der Waals surface area contributed by atoms with Crippen LogP contribution < -0.4 is 0 Å². The zero-order valence-corrected chi connectivity index (χ0v) is 8.41. The number of hydrogen-bond acceptors (Lipinski definition) is 4. The summed E-state index contributed by atoms with van der Waals surface area (Å²) in [4.78, 5) is 4.04. The van der Waals surface area contributed by atoms with Crippen LogP contribution in [0.25, 0.3) is 11.7 Å². The zero-order valence-electron chi connectivity index (χ0n) is 7.66. The summed E-state index contributed by atoms with van der Waals surface area (Å²) in [5, 5.41) is 3.67. The molecule has 0 aliphatic heterocycles. The van der Waals surface area contributed by atoms with E-state index in [2.05, 4.69) is 10.1 Å². The molecule has 0 saturated carbocycles. The van der Waals surface area contributed by atoms with Gasteiger partial charge in [-0.1, -0.05) is 12.1 Å². The first-order valence-electron chi connectivity index (χ1n) is 4.31. The minimum atomic E-state index is 0.241. The fourth-order valence-corrected chi connectivity index (χ4v) is 1.20. The average Bonchev–Trinajstić information content (AvgIpc) is 2.86. The number of halogens is 1. The Labute approximate surface area is 85.9 Å². The van der Waals surface area contributed by atoms with Crippen molar-refractivity contribution >= 4 is 11.6 Å². The second-order valence-electron chi connectivity index (χ2n) is 2.77. The standard InChI is InChI=1S/C9H9ClN2O2/c1-2-6-3-4-7(13-6)9-11-8(5-10)12-14-9/h3-4H,2,5H2,1H3. The molecule has 0 aromatic carbocycles. The largest absolute Gasteiger partial charge is 0.456 e. The zero-order chi connectivity index (χ0) is 9.97. The van der Waals surface area contributed by atoms with E-state index in [1.54, 1.807) is 0 Å². The van der Waals surface area contributed by atoms with Crippen molar-refractivity contribution < 1.29 is 8.94 Å². The molecule has 2 heterocycles. The molecule has 2 aromatic rings. The van der Waals surface area contributed by atoms with Gasteiger partial charge < -0.3 is 8.94 Å². The van der Waals surface area contributed by atoms with Gasteiger partial charge in [0.15, 0.2) is 11.6 Å². The van der Waals surface area contributed by atoms with Gasteiger partial charge in [-0.15, -0.1) is 11.6 Å². The first kappa shape index (κ1) is 9.27. The molecule has 0 bridgehead atoms. The van der Waals surface area contributed by atoms with Crippen molar-refractivity contribution in [3.63, 3.8) is 0 Å². The lowest BCUT2D eigenvalue weighted by atomic mass is 10.3. The molecular formula is C9H9ClN2O2. The van der Waals surface area contributed by atoms with Crippen molar-refractivity contribution in [3.05, 3.63) is 23.7 Å². The average molecular weight is 213 g/mol. The van der Waals surface area contributed by atoms with E-state index in [0.717, 1.165) is 12.2 Å². The normalized spacial score (nSPS) is 10.7. The van der Waals surface area contributed by atoms with Crippen LogP contribution in [0.15, 0.2) is 21.1 Å². The van der Waals surface area contributed by atoms with Gasteiger partial charge in [0.1, 0.15) is 5.76 Å². The summed E-state index contributed by atoms with van der Waals surface area (Å²) in [6.45, 7) is 2.01.